The van der Waals surface area contributed by atoms with Crippen LogP contribution in [0.5, 0.6) is 0 Å². The Kier molecular flexibility index (Phi) is 5.70. The van der Waals surface area contributed by atoms with Crippen molar-refractivity contribution in [3.05, 3.63) is 35.9 Å². The Balaban J connectivity index is 2.57. The highest BCUT2D eigenvalue weighted by molar-refractivity contribution is 5.85. The van der Waals surface area contributed by atoms with Gasteiger partial charge in [-0.2, -0.15) is 0 Å². The van der Waals surface area contributed by atoms with Crippen LogP contribution in [-0.4, -0.2) is 30.8 Å². The molecule has 0 saturated heterocycles. The Morgan fingerprint density at radius 1 is 1.20 bits per heavy atom. The van der Waals surface area contributed by atoms with Crippen LogP contribution in [0.2, 0.25) is 0 Å². The molecule has 0 aliphatic carbocycles. The predicted octanol–water partition coefficient (Wildman–Crippen LogP) is 2.30. The molecule has 0 unspecified atom stereocenters. The third kappa shape index (κ3) is 5.84. The van der Waals surface area contributed by atoms with Crippen LogP contribution in [0.4, 0.5) is 4.79 Å². The summed E-state index contributed by atoms with van der Waals surface area (Å²) in [5.41, 5.74) is 0.291. The second-order valence-corrected chi connectivity index (χ2v) is 5.42. The van der Waals surface area contributed by atoms with Crippen LogP contribution in [0, 0.1) is 0 Å². The van der Waals surface area contributed by atoms with E-state index in [1.54, 1.807) is 27.8 Å². The van der Waals surface area contributed by atoms with Crippen molar-refractivity contribution in [1.82, 2.24) is 5.32 Å². The average molecular weight is 279 g/mol. The van der Waals surface area contributed by atoms with Gasteiger partial charge in [0.05, 0.1) is 0 Å². The van der Waals surface area contributed by atoms with Crippen molar-refractivity contribution in [2.24, 2.45) is 0 Å². The number of rotatable bonds is 4. The van der Waals surface area contributed by atoms with E-state index in [2.05, 4.69) is 10.1 Å². The lowest BCUT2D eigenvalue weighted by atomic mass is 10.1. The SMILES string of the molecule is CN[C@@H](Cc1ccccc1)C(=O)OC(=O)OC(C)(C)C. The first-order chi connectivity index (χ1) is 9.31. The lowest BCUT2D eigenvalue weighted by Crippen LogP contribution is -2.39. The van der Waals surface area contributed by atoms with E-state index in [0.717, 1.165) is 5.56 Å². The topological polar surface area (TPSA) is 64.6 Å². The van der Waals surface area contributed by atoms with E-state index in [0.29, 0.717) is 6.42 Å². The molecule has 1 atom stereocenters. The summed E-state index contributed by atoms with van der Waals surface area (Å²) in [7, 11) is 1.64. The van der Waals surface area contributed by atoms with Crippen molar-refractivity contribution in [1.29, 1.82) is 0 Å². The van der Waals surface area contributed by atoms with Gasteiger partial charge in [0.1, 0.15) is 11.6 Å². The highest BCUT2D eigenvalue weighted by Crippen LogP contribution is 2.10. The summed E-state index contributed by atoms with van der Waals surface area (Å²) in [6, 6.07) is 8.90. The van der Waals surface area contributed by atoms with Crippen molar-refractivity contribution in [2.75, 3.05) is 7.05 Å². The van der Waals surface area contributed by atoms with Gasteiger partial charge in [-0.25, -0.2) is 9.59 Å². The Morgan fingerprint density at radius 2 is 1.80 bits per heavy atom. The van der Waals surface area contributed by atoms with Crippen molar-refractivity contribution in [3.8, 4) is 0 Å². The van der Waals surface area contributed by atoms with E-state index in [1.165, 1.54) is 0 Å². The Labute approximate surface area is 119 Å². The first kappa shape index (κ1) is 16.2. The molecule has 1 N–H and O–H groups in total. The van der Waals surface area contributed by atoms with E-state index in [4.69, 9.17) is 4.74 Å². The molecule has 0 aliphatic heterocycles. The van der Waals surface area contributed by atoms with Gasteiger partial charge in [-0.15, -0.1) is 0 Å². The number of carbonyl (C=O) groups is 2. The van der Waals surface area contributed by atoms with Gasteiger partial charge in [0.25, 0.3) is 0 Å². The highest BCUT2D eigenvalue weighted by Gasteiger charge is 2.25. The zero-order valence-electron chi connectivity index (χ0n) is 12.3. The fourth-order valence-corrected chi connectivity index (χ4v) is 1.58. The summed E-state index contributed by atoms with van der Waals surface area (Å²) in [6.07, 6.45) is -0.533. The molecule has 0 bridgehead atoms. The molecule has 1 aromatic carbocycles. The minimum absolute atomic E-state index is 0.443. The summed E-state index contributed by atoms with van der Waals surface area (Å²) in [6.45, 7) is 5.12. The third-order valence-corrected chi connectivity index (χ3v) is 2.49. The zero-order chi connectivity index (χ0) is 15.2. The largest absolute Gasteiger partial charge is 0.516 e. The number of hydrogen-bond donors (Lipinski definition) is 1. The van der Waals surface area contributed by atoms with Gasteiger partial charge in [-0.1, -0.05) is 30.3 Å². The Bertz CT molecular complexity index is 451. The van der Waals surface area contributed by atoms with Gasteiger partial charge >= 0.3 is 12.1 Å². The molecule has 0 heterocycles. The fraction of sp³-hybridized carbons (Fsp3) is 0.467. The first-order valence-corrected chi connectivity index (χ1v) is 6.47. The zero-order valence-corrected chi connectivity index (χ0v) is 12.3. The lowest BCUT2D eigenvalue weighted by molar-refractivity contribution is -0.143. The molecule has 1 aromatic rings. The summed E-state index contributed by atoms with van der Waals surface area (Å²) < 4.78 is 9.63. The molecule has 1 rings (SSSR count). The van der Waals surface area contributed by atoms with Crippen LogP contribution in [0.25, 0.3) is 0 Å². The second kappa shape index (κ2) is 7.05. The van der Waals surface area contributed by atoms with Crippen molar-refractivity contribution >= 4 is 12.1 Å². The molecule has 0 aromatic heterocycles. The van der Waals surface area contributed by atoms with Gasteiger partial charge in [0.2, 0.25) is 0 Å². The van der Waals surface area contributed by atoms with E-state index in [-0.39, 0.29) is 0 Å². The number of likely N-dealkylation sites (N-methyl/N-ethyl adjacent to an activating group) is 1. The Morgan fingerprint density at radius 3 is 2.30 bits per heavy atom. The summed E-state index contributed by atoms with van der Waals surface area (Å²) in [4.78, 5) is 23.3. The molecule has 0 fully saturated rings. The smallest absolute Gasteiger partial charge is 0.428 e. The maximum Gasteiger partial charge on any atom is 0.516 e. The number of benzene rings is 1. The average Bonchev–Trinajstić information content (AvgIpc) is 2.34. The maximum atomic E-state index is 11.9. The van der Waals surface area contributed by atoms with Crippen molar-refractivity contribution < 1.29 is 19.1 Å². The quantitative estimate of drug-likeness (QED) is 0.676. The number of carbonyl (C=O) groups excluding carboxylic acids is 2. The molecule has 0 radical (unpaired) electrons. The van der Waals surface area contributed by atoms with E-state index in [1.807, 2.05) is 30.3 Å². The normalized spacial score (nSPS) is 12.6. The molecule has 0 spiro atoms. The summed E-state index contributed by atoms with van der Waals surface area (Å²) >= 11 is 0. The molecule has 110 valence electrons. The van der Waals surface area contributed by atoms with E-state index < -0.39 is 23.8 Å². The number of esters is 1. The number of ether oxygens (including phenoxy) is 2. The van der Waals surface area contributed by atoms with E-state index >= 15 is 0 Å². The van der Waals surface area contributed by atoms with Gasteiger partial charge in [0, 0.05) is 0 Å². The Hall–Kier alpha value is -1.88. The molecule has 20 heavy (non-hydrogen) atoms. The summed E-state index contributed by atoms with van der Waals surface area (Å²) in [5.74, 6) is -0.648. The molecule has 5 nitrogen and oxygen atoms in total. The monoisotopic (exact) mass is 279 g/mol. The fourth-order valence-electron chi connectivity index (χ4n) is 1.58. The first-order valence-electron chi connectivity index (χ1n) is 6.47. The van der Waals surface area contributed by atoms with Crippen LogP contribution in [0.1, 0.15) is 26.3 Å². The minimum atomic E-state index is -0.976. The molecular formula is C15H21NO4. The molecule has 0 aliphatic rings. The maximum absolute atomic E-state index is 11.9. The minimum Gasteiger partial charge on any atom is -0.428 e. The molecular weight excluding hydrogens is 258 g/mol. The molecule has 0 saturated carbocycles. The predicted molar refractivity (Wildman–Crippen MR) is 75.3 cm³/mol. The molecule has 0 amide bonds. The molecule has 5 heteroatoms. The third-order valence-electron chi connectivity index (χ3n) is 2.49. The van der Waals surface area contributed by atoms with Crippen LogP contribution in [0.15, 0.2) is 30.3 Å². The standard InChI is InChI=1S/C15H21NO4/c1-15(2,3)20-14(18)19-13(17)12(16-4)10-11-8-6-5-7-9-11/h5-9,12,16H,10H2,1-4H3/t12-/m0/s1. The van der Waals surface area contributed by atoms with Gasteiger partial charge in [-0.05, 0) is 39.8 Å². The summed E-state index contributed by atoms with van der Waals surface area (Å²) in [5, 5.41) is 2.84. The van der Waals surface area contributed by atoms with Crippen LogP contribution in [-0.2, 0) is 20.7 Å². The van der Waals surface area contributed by atoms with Crippen LogP contribution < -0.4 is 5.32 Å². The van der Waals surface area contributed by atoms with Crippen molar-refractivity contribution in [3.63, 3.8) is 0 Å². The number of hydrogen-bond acceptors (Lipinski definition) is 5. The lowest BCUT2D eigenvalue weighted by Gasteiger charge is -2.20. The second-order valence-electron chi connectivity index (χ2n) is 5.42. The number of nitrogens with one attached hydrogen (secondary N) is 1. The van der Waals surface area contributed by atoms with Gasteiger partial charge in [-0.3, -0.25) is 0 Å². The van der Waals surface area contributed by atoms with Crippen molar-refractivity contribution in [2.45, 2.75) is 38.8 Å². The van der Waals surface area contributed by atoms with E-state index in [9.17, 15) is 9.59 Å². The van der Waals surface area contributed by atoms with Crippen LogP contribution in [0.3, 0.4) is 0 Å². The van der Waals surface area contributed by atoms with Gasteiger partial charge < -0.3 is 14.8 Å². The van der Waals surface area contributed by atoms with Gasteiger partial charge in [0.15, 0.2) is 0 Å². The van der Waals surface area contributed by atoms with Crippen LogP contribution >= 0.6 is 0 Å². The highest BCUT2D eigenvalue weighted by atomic mass is 16.7.